The number of hydrogen-bond acceptors (Lipinski definition) is 8. The molecule has 0 aliphatic carbocycles. The number of fused-ring (bicyclic) bond motifs is 1. The minimum absolute atomic E-state index is 0. The Morgan fingerprint density at radius 2 is 2.11 bits per heavy atom. The molecule has 2 aromatic heterocycles. The van der Waals surface area contributed by atoms with E-state index in [1.165, 1.54) is 17.2 Å². The number of phosphoric acid groups is 1. The largest absolute Gasteiger partial charge is 2.00 e. The van der Waals surface area contributed by atoms with Gasteiger partial charge in [0.15, 0.2) is 11.5 Å². The second-order valence-corrected chi connectivity index (χ2v) is 4.30. The van der Waals surface area contributed by atoms with Gasteiger partial charge >= 0.3 is 48.9 Å². The zero-order valence-corrected chi connectivity index (χ0v) is 14.6. The molecule has 2 aromatic rings. The Labute approximate surface area is 142 Å². The van der Waals surface area contributed by atoms with E-state index in [0.29, 0.717) is 11.2 Å². The molecule has 0 saturated heterocycles. The van der Waals surface area contributed by atoms with Crippen LogP contribution in [0.25, 0.3) is 11.2 Å². The standard InChI is InChI=1S/C7H10N5O4P.Ba/c8-6-5-7(10-3-9-6)12(4-11-5)1-2-16-17(13,14)15;/h3-4H,1-2H2,(H2,8,9,10)(H2,13,14,15);/q;+2/p-2. The fourth-order valence-corrected chi connectivity index (χ4v) is 1.62. The number of nitrogens with two attached hydrogens (primary N) is 1. The van der Waals surface area contributed by atoms with Crippen molar-refractivity contribution >= 4 is 73.7 Å². The maximum absolute atomic E-state index is 10.3. The maximum Gasteiger partial charge on any atom is 2.00 e. The van der Waals surface area contributed by atoms with Gasteiger partial charge in [-0.05, 0) is 0 Å². The fraction of sp³-hybridized carbons (Fsp3) is 0.286. The number of nitrogens with zero attached hydrogens (tertiary/aromatic N) is 4. The van der Waals surface area contributed by atoms with E-state index in [4.69, 9.17) is 5.73 Å². The van der Waals surface area contributed by atoms with E-state index in [1.54, 1.807) is 0 Å². The van der Waals surface area contributed by atoms with Crippen LogP contribution < -0.4 is 15.5 Å². The van der Waals surface area contributed by atoms with Crippen LogP contribution >= 0.6 is 7.82 Å². The number of aromatic nitrogens is 4. The molecule has 0 aromatic carbocycles. The summed E-state index contributed by atoms with van der Waals surface area (Å²) in [6, 6.07) is 0. The first kappa shape index (κ1) is 16.1. The topological polar surface area (TPSA) is 142 Å². The molecule has 2 rings (SSSR count). The van der Waals surface area contributed by atoms with Gasteiger partial charge in [-0.3, -0.25) is 0 Å². The van der Waals surface area contributed by atoms with Crippen LogP contribution in [0.3, 0.4) is 0 Å². The molecule has 11 heteroatoms. The van der Waals surface area contributed by atoms with Crippen molar-refractivity contribution in [2.24, 2.45) is 0 Å². The van der Waals surface area contributed by atoms with Crippen LogP contribution in [0.4, 0.5) is 5.82 Å². The summed E-state index contributed by atoms with van der Waals surface area (Å²) in [7, 11) is -4.95. The van der Waals surface area contributed by atoms with E-state index in [9.17, 15) is 14.4 Å². The van der Waals surface area contributed by atoms with Crippen molar-refractivity contribution in [2.45, 2.75) is 6.54 Å². The summed E-state index contributed by atoms with van der Waals surface area (Å²) >= 11 is 0. The Hall–Kier alpha value is 0.0314. The van der Waals surface area contributed by atoms with E-state index in [1.807, 2.05) is 0 Å². The van der Waals surface area contributed by atoms with Gasteiger partial charge in [0.1, 0.15) is 11.8 Å². The minimum Gasteiger partial charge on any atom is -0.790 e. The van der Waals surface area contributed by atoms with E-state index in [0.717, 1.165) is 0 Å². The predicted molar refractivity (Wildman–Crippen MR) is 59.0 cm³/mol. The summed E-state index contributed by atoms with van der Waals surface area (Å²) in [6.45, 7) is -0.152. The Kier molecular flexibility index (Phi) is 5.77. The van der Waals surface area contributed by atoms with Crippen LogP contribution in [0.1, 0.15) is 0 Å². The van der Waals surface area contributed by atoms with Gasteiger partial charge in [-0.25, -0.2) is 15.0 Å². The van der Waals surface area contributed by atoms with Gasteiger partial charge in [0.2, 0.25) is 0 Å². The van der Waals surface area contributed by atoms with Crippen molar-refractivity contribution in [3.05, 3.63) is 12.7 Å². The molecule has 0 aliphatic heterocycles. The Morgan fingerprint density at radius 3 is 2.78 bits per heavy atom. The molecular weight excluding hydrogens is 386 g/mol. The molecule has 0 atom stereocenters. The Morgan fingerprint density at radius 1 is 1.39 bits per heavy atom. The third-order valence-electron chi connectivity index (χ3n) is 2.01. The van der Waals surface area contributed by atoms with E-state index >= 15 is 0 Å². The minimum atomic E-state index is -4.95. The van der Waals surface area contributed by atoms with Gasteiger partial charge in [0, 0.05) is 6.54 Å². The molecular formula is C7H8BaN5O4P. The molecule has 0 unspecified atom stereocenters. The molecule has 0 spiro atoms. The molecule has 0 radical (unpaired) electrons. The van der Waals surface area contributed by atoms with Gasteiger partial charge in [-0.15, -0.1) is 0 Å². The monoisotopic (exact) mass is 395 g/mol. The average molecular weight is 394 g/mol. The molecule has 2 N–H and O–H groups in total. The van der Waals surface area contributed by atoms with Gasteiger partial charge in [0.25, 0.3) is 0 Å². The van der Waals surface area contributed by atoms with Crippen LogP contribution in [0.5, 0.6) is 0 Å². The molecule has 18 heavy (non-hydrogen) atoms. The van der Waals surface area contributed by atoms with Crippen LogP contribution in [-0.2, 0) is 15.6 Å². The van der Waals surface area contributed by atoms with Crippen LogP contribution in [-0.4, -0.2) is 75.0 Å². The van der Waals surface area contributed by atoms with Gasteiger partial charge in [0.05, 0.1) is 20.8 Å². The van der Waals surface area contributed by atoms with E-state index in [-0.39, 0.29) is 67.9 Å². The van der Waals surface area contributed by atoms with Crippen molar-refractivity contribution in [3.63, 3.8) is 0 Å². The average Bonchev–Trinajstić information content (AvgIpc) is 2.61. The van der Waals surface area contributed by atoms with Crippen LogP contribution in [0.15, 0.2) is 12.7 Å². The van der Waals surface area contributed by atoms with Gasteiger partial charge in [-0.2, -0.15) is 0 Å². The number of phosphoric ester groups is 1. The summed E-state index contributed by atoms with van der Waals surface area (Å²) in [5, 5.41) is 0. The Balaban J connectivity index is 0.00000162. The third-order valence-corrected chi connectivity index (χ3v) is 2.51. The van der Waals surface area contributed by atoms with Crippen molar-refractivity contribution in [1.29, 1.82) is 0 Å². The second kappa shape index (κ2) is 6.46. The van der Waals surface area contributed by atoms with Crippen LogP contribution in [0.2, 0.25) is 0 Å². The molecule has 2 heterocycles. The number of hydrogen-bond donors (Lipinski definition) is 1. The normalized spacial score (nSPS) is 11.4. The van der Waals surface area contributed by atoms with Gasteiger partial charge in [-0.1, -0.05) is 0 Å². The second-order valence-electron chi connectivity index (χ2n) is 3.15. The van der Waals surface area contributed by atoms with E-state index < -0.39 is 7.82 Å². The first-order chi connectivity index (χ1) is 7.97. The molecule has 9 nitrogen and oxygen atoms in total. The third kappa shape index (κ3) is 4.02. The van der Waals surface area contributed by atoms with Crippen molar-refractivity contribution in [3.8, 4) is 0 Å². The molecule has 0 amide bonds. The van der Waals surface area contributed by atoms with E-state index in [2.05, 4.69) is 19.5 Å². The summed E-state index contributed by atoms with van der Waals surface area (Å²) < 4.78 is 15.9. The number of imidazole rings is 1. The van der Waals surface area contributed by atoms with Crippen LogP contribution in [0, 0.1) is 0 Å². The fourth-order valence-electron chi connectivity index (χ4n) is 1.31. The molecule has 92 valence electrons. The zero-order valence-electron chi connectivity index (χ0n) is 9.22. The maximum atomic E-state index is 10.3. The quantitative estimate of drug-likeness (QED) is 0.458. The number of nitrogen functional groups attached to an aromatic ring is 1. The van der Waals surface area contributed by atoms with Gasteiger partial charge < -0.3 is 29.2 Å². The molecule has 0 fully saturated rings. The SMILES string of the molecule is Nc1ncnc2c1ncn2CCOP(=O)([O-])[O-].[Ba+2]. The first-order valence-corrected chi connectivity index (χ1v) is 6.01. The Bertz CT molecular complexity index is 584. The molecule has 0 bridgehead atoms. The summed E-state index contributed by atoms with van der Waals surface area (Å²) in [6.07, 6.45) is 2.68. The summed E-state index contributed by atoms with van der Waals surface area (Å²) in [4.78, 5) is 32.2. The summed E-state index contributed by atoms with van der Waals surface area (Å²) in [5.41, 5.74) is 6.43. The smallest absolute Gasteiger partial charge is 0.790 e. The number of rotatable bonds is 4. The number of anilines is 1. The van der Waals surface area contributed by atoms with Crippen molar-refractivity contribution < 1.29 is 18.9 Å². The predicted octanol–water partition coefficient (Wildman–Crippen LogP) is -2.13. The van der Waals surface area contributed by atoms with Crippen molar-refractivity contribution in [1.82, 2.24) is 19.5 Å². The molecule has 0 saturated carbocycles. The van der Waals surface area contributed by atoms with Crippen molar-refractivity contribution in [2.75, 3.05) is 12.3 Å². The zero-order chi connectivity index (χ0) is 12.5. The first-order valence-electron chi connectivity index (χ1n) is 4.55. The molecule has 0 aliphatic rings. The summed E-state index contributed by atoms with van der Waals surface area (Å²) in [5.74, 6) is 0.230.